The molecule has 1 unspecified atom stereocenters. The van der Waals surface area contributed by atoms with Crippen molar-refractivity contribution >= 4 is 12.4 Å². The molecule has 86 valence electrons. The largest absolute Gasteiger partial charge is 0.328 e. The van der Waals surface area contributed by atoms with Crippen molar-refractivity contribution < 1.29 is 0 Å². The molecular weight excluding hydrogens is 224 g/mol. The van der Waals surface area contributed by atoms with Crippen molar-refractivity contribution in [1.82, 2.24) is 15.0 Å². The van der Waals surface area contributed by atoms with Crippen LogP contribution in [-0.4, -0.2) is 21.5 Å². The Bertz CT molecular complexity index is 427. The molecule has 0 aliphatic carbocycles. The predicted octanol–water partition coefficient (Wildman–Crippen LogP) is 1.89. The molecule has 1 aromatic heterocycles. The van der Waals surface area contributed by atoms with Crippen LogP contribution in [0.5, 0.6) is 0 Å². The lowest BCUT2D eigenvalue weighted by Gasteiger charge is -2.05. The van der Waals surface area contributed by atoms with Crippen LogP contribution in [0, 0.1) is 0 Å². The van der Waals surface area contributed by atoms with Gasteiger partial charge in [0.1, 0.15) is 5.69 Å². The maximum Gasteiger partial charge on any atom is 0.113 e. The molecule has 0 bridgehead atoms. The van der Waals surface area contributed by atoms with Gasteiger partial charge in [-0.05, 0) is 6.92 Å². The maximum absolute atomic E-state index is 5.56. The van der Waals surface area contributed by atoms with Crippen molar-refractivity contribution in [2.24, 2.45) is 5.73 Å². The van der Waals surface area contributed by atoms with Crippen LogP contribution in [0.25, 0.3) is 11.3 Å². The van der Waals surface area contributed by atoms with Gasteiger partial charge in [-0.2, -0.15) is 0 Å². The highest BCUT2D eigenvalue weighted by Gasteiger charge is 2.06. The third kappa shape index (κ3) is 2.59. The van der Waals surface area contributed by atoms with E-state index >= 15 is 0 Å². The van der Waals surface area contributed by atoms with Gasteiger partial charge >= 0.3 is 0 Å². The standard InChI is InChI=1S/C11H14N4.ClH/c1-9(7-12)15-8-11(13-14-15)10-5-3-2-4-6-10;/h2-6,8-9H,7,12H2,1H3;1H. The molecule has 2 N–H and O–H groups in total. The van der Waals surface area contributed by atoms with E-state index in [-0.39, 0.29) is 18.4 Å². The van der Waals surface area contributed by atoms with Gasteiger partial charge in [-0.1, -0.05) is 35.5 Å². The van der Waals surface area contributed by atoms with Crippen molar-refractivity contribution in [2.45, 2.75) is 13.0 Å². The van der Waals surface area contributed by atoms with Crippen molar-refractivity contribution in [3.63, 3.8) is 0 Å². The number of nitrogens with two attached hydrogens (primary N) is 1. The highest BCUT2D eigenvalue weighted by atomic mass is 35.5. The van der Waals surface area contributed by atoms with Crippen molar-refractivity contribution in [2.75, 3.05) is 6.54 Å². The lowest BCUT2D eigenvalue weighted by molar-refractivity contribution is 0.485. The van der Waals surface area contributed by atoms with E-state index in [2.05, 4.69) is 10.3 Å². The molecule has 0 amide bonds. The van der Waals surface area contributed by atoms with Gasteiger partial charge in [0.05, 0.1) is 12.2 Å². The maximum atomic E-state index is 5.56. The smallest absolute Gasteiger partial charge is 0.113 e. The topological polar surface area (TPSA) is 56.7 Å². The summed E-state index contributed by atoms with van der Waals surface area (Å²) in [5, 5.41) is 8.16. The molecule has 0 fully saturated rings. The van der Waals surface area contributed by atoms with E-state index in [1.807, 2.05) is 43.5 Å². The summed E-state index contributed by atoms with van der Waals surface area (Å²) in [5.74, 6) is 0. The van der Waals surface area contributed by atoms with Gasteiger partial charge in [0.2, 0.25) is 0 Å². The van der Waals surface area contributed by atoms with E-state index in [4.69, 9.17) is 5.73 Å². The fourth-order valence-corrected chi connectivity index (χ4v) is 1.34. The molecule has 2 aromatic rings. The summed E-state index contributed by atoms with van der Waals surface area (Å²) < 4.78 is 1.79. The average Bonchev–Trinajstić information content (AvgIpc) is 2.78. The highest BCUT2D eigenvalue weighted by molar-refractivity contribution is 5.85. The number of aromatic nitrogens is 3. The minimum atomic E-state index is 0. The van der Waals surface area contributed by atoms with E-state index in [0.717, 1.165) is 11.3 Å². The fraction of sp³-hybridized carbons (Fsp3) is 0.273. The van der Waals surface area contributed by atoms with Crippen LogP contribution in [-0.2, 0) is 0 Å². The Morgan fingerprint density at radius 1 is 1.31 bits per heavy atom. The fourth-order valence-electron chi connectivity index (χ4n) is 1.34. The molecule has 0 aliphatic heterocycles. The summed E-state index contributed by atoms with van der Waals surface area (Å²) in [7, 11) is 0. The Morgan fingerprint density at radius 2 is 2.00 bits per heavy atom. The second kappa shape index (κ2) is 5.63. The van der Waals surface area contributed by atoms with E-state index in [1.54, 1.807) is 4.68 Å². The van der Waals surface area contributed by atoms with E-state index in [1.165, 1.54) is 0 Å². The average molecular weight is 239 g/mol. The molecule has 1 aromatic carbocycles. The monoisotopic (exact) mass is 238 g/mol. The Hall–Kier alpha value is -1.39. The minimum Gasteiger partial charge on any atom is -0.328 e. The van der Waals surface area contributed by atoms with Gasteiger partial charge in [-0.25, -0.2) is 4.68 Å². The molecule has 0 saturated carbocycles. The van der Waals surface area contributed by atoms with Gasteiger partial charge in [-0.3, -0.25) is 0 Å². The number of benzene rings is 1. The quantitative estimate of drug-likeness (QED) is 0.889. The minimum absolute atomic E-state index is 0. The zero-order chi connectivity index (χ0) is 10.7. The molecule has 0 spiro atoms. The first kappa shape index (κ1) is 12.7. The van der Waals surface area contributed by atoms with Gasteiger partial charge in [0.15, 0.2) is 0 Å². The summed E-state index contributed by atoms with van der Waals surface area (Å²) in [6.07, 6.45) is 1.92. The Balaban J connectivity index is 0.00000128. The molecule has 4 nitrogen and oxygen atoms in total. The van der Waals surface area contributed by atoms with Crippen LogP contribution in [0.15, 0.2) is 36.5 Å². The summed E-state index contributed by atoms with van der Waals surface area (Å²) in [6.45, 7) is 2.58. The lowest BCUT2D eigenvalue weighted by atomic mass is 10.2. The first-order chi connectivity index (χ1) is 7.31. The second-order valence-electron chi connectivity index (χ2n) is 3.53. The van der Waals surface area contributed by atoms with E-state index in [0.29, 0.717) is 6.54 Å². The Labute approximate surface area is 101 Å². The van der Waals surface area contributed by atoms with Crippen LogP contribution >= 0.6 is 12.4 Å². The zero-order valence-corrected chi connectivity index (χ0v) is 9.89. The van der Waals surface area contributed by atoms with Crippen molar-refractivity contribution in [3.05, 3.63) is 36.5 Å². The zero-order valence-electron chi connectivity index (χ0n) is 9.08. The molecular formula is C11H15ClN4. The lowest BCUT2D eigenvalue weighted by Crippen LogP contribution is -2.16. The number of hydrogen-bond donors (Lipinski definition) is 1. The van der Waals surface area contributed by atoms with Gasteiger partial charge in [-0.15, -0.1) is 17.5 Å². The molecule has 2 rings (SSSR count). The van der Waals surface area contributed by atoms with Crippen LogP contribution in [0.2, 0.25) is 0 Å². The second-order valence-corrected chi connectivity index (χ2v) is 3.53. The molecule has 0 aliphatic rings. The van der Waals surface area contributed by atoms with Crippen molar-refractivity contribution in [1.29, 1.82) is 0 Å². The number of rotatable bonds is 3. The molecule has 1 atom stereocenters. The van der Waals surface area contributed by atoms with Crippen molar-refractivity contribution in [3.8, 4) is 11.3 Å². The van der Waals surface area contributed by atoms with Gasteiger partial charge < -0.3 is 5.73 Å². The Morgan fingerprint density at radius 3 is 2.62 bits per heavy atom. The van der Waals surface area contributed by atoms with E-state index < -0.39 is 0 Å². The summed E-state index contributed by atoms with van der Waals surface area (Å²) in [6, 6.07) is 10.2. The normalized spacial score (nSPS) is 11.9. The molecule has 0 radical (unpaired) electrons. The molecule has 1 heterocycles. The number of nitrogens with zero attached hydrogens (tertiary/aromatic N) is 3. The SMILES string of the molecule is CC(CN)n1cc(-c2ccccc2)nn1.Cl. The summed E-state index contributed by atoms with van der Waals surface area (Å²) in [4.78, 5) is 0. The summed E-state index contributed by atoms with van der Waals surface area (Å²) >= 11 is 0. The van der Waals surface area contributed by atoms with E-state index in [9.17, 15) is 0 Å². The molecule has 5 heteroatoms. The Kier molecular flexibility index (Phi) is 4.46. The van der Waals surface area contributed by atoms with Crippen LogP contribution in [0.3, 0.4) is 0 Å². The van der Waals surface area contributed by atoms with Crippen LogP contribution < -0.4 is 5.73 Å². The highest BCUT2D eigenvalue weighted by Crippen LogP contribution is 2.16. The third-order valence-corrected chi connectivity index (χ3v) is 2.37. The first-order valence-corrected chi connectivity index (χ1v) is 4.98. The van der Waals surface area contributed by atoms with Crippen LogP contribution in [0.4, 0.5) is 0 Å². The number of hydrogen-bond acceptors (Lipinski definition) is 3. The van der Waals surface area contributed by atoms with Crippen LogP contribution in [0.1, 0.15) is 13.0 Å². The van der Waals surface area contributed by atoms with Gasteiger partial charge in [0.25, 0.3) is 0 Å². The molecule has 0 saturated heterocycles. The first-order valence-electron chi connectivity index (χ1n) is 4.98. The number of halogens is 1. The third-order valence-electron chi connectivity index (χ3n) is 2.37. The molecule has 16 heavy (non-hydrogen) atoms. The van der Waals surface area contributed by atoms with Gasteiger partial charge in [0, 0.05) is 12.1 Å². The summed E-state index contributed by atoms with van der Waals surface area (Å²) in [5.41, 5.74) is 7.53. The predicted molar refractivity (Wildman–Crippen MR) is 66.5 cm³/mol.